The van der Waals surface area contributed by atoms with Crippen molar-refractivity contribution in [3.8, 4) is 5.75 Å². The second kappa shape index (κ2) is 10.9. The van der Waals surface area contributed by atoms with Crippen LogP contribution in [0.3, 0.4) is 0 Å². The minimum atomic E-state index is -0.253. The van der Waals surface area contributed by atoms with Crippen LogP contribution in [0.2, 0.25) is 5.02 Å². The van der Waals surface area contributed by atoms with Gasteiger partial charge in [-0.15, -0.1) is 0 Å². The molecule has 7 heteroatoms. The summed E-state index contributed by atoms with van der Waals surface area (Å²) in [5.74, 6) is 0.238. The Bertz CT molecular complexity index is 627. The Labute approximate surface area is 150 Å². The number of carbonyl (C=O) groups excluding carboxylic acids is 3. The number of benzene rings is 1. The highest BCUT2D eigenvalue weighted by Gasteiger charge is 2.06. The first-order valence-corrected chi connectivity index (χ1v) is 8.59. The molecule has 1 aromatic rings. The summed E-state index contributed by atoms with van der Waals surface area (Å²) < 4.78 is 10.4. The van der Waals surface area contributed by atoms with Gasteiger partial charge in [-0.3, -0.25) is 14.4 Å². The Kier molecular flexibility index (Phi) is 9.19. The number of hydrogen-bond donors (Lipinski definition) is 0. The molecule has 0 aromatic heterocycles. The van der Waals surface area contributed by atoms with Gasteiger partial charge in [0.25, 0.3) is 0 Å². The standard InChI is InChI=1S/C17H19ClO5S/c1-3-22-17(21)5-4-8-23-16-7-6-13(10-15(16)18)9-14(11-19)24-12(2)20/h6-7,9-11H,3-5,8H2,1-2H3/b14-9-. The number of aldehydes is 1. The van der Waals surface area contributed by atoms with E-state index in [0.29, 0.717) is 47.2 Å². The van der Waals surface area contributed by atoms with Gasteiger partial charge in [-0.05, 0) is 48.9 Å². The third-order valence-electron chi connectivity index (χ3n) is 2.73. The molecule has 0 aliphatic heterocycles. The second-order valence-corrected chi connectivity index (χ2v) is 6.36. The molecular formula is C17H19ClO5S. The predicted molar refractivity (Wildman–Crippen MR) is 95.1 cm³/mol. The van der Waals surface area contributed by atoms with Gasteiger partial charge in [0, 0.05) is 13.3 Å². The molecule has 0 saturated carbocycles. The number of allylic oxidation sites excluding steroid dienone is 1. The topological polar surface area (TPSA) is 69.7 Å². The summed E-state index contributed by atoms with van der Waals surface area (Å²) in [5.41, 5.74) is 0.690. The van der Waals surface area contributed by atoms with E-state index in [1.54, 1.807) is 31.2 Å². The number of thioether (sulfide) groups is 1. The maximum atomic E-state index is 11.2. The molecule has 0 aliphatic rings. The summed E-state index contributed by atoms with van der Waals surface area (Å²) in [6.07, 6.45) is 3.02. The molecule has 0 N–H and O–H groups in total. The van der Waals surface area contributed by atoms with Crippen molar-refractivity contribution in [2.75, 3.05) is 13.2 Å². The maximum Gasteiger partial charge on any atom is 0.305 e. The van der Waals surface area contributed by atoms with Crippen LogP contribution < -0.4 is 4.74 Å². The van der Waals surface area contributed by atoms with Gasteiger partial charge in [-0.2, -0.15) is 0 Å². The van der Waals surface area contributed by atoms with Crippen LogP contribution in [-0.4, -0.2) is 30.6 Å². The van der Waals surface area contributed by atoms with Gasteiger partial charge in [0.2, 0.25) is 0 Å². The number of carbonyl (C=O) groups is 3. The third kappa shape index (κ3) is 7.66. The second-order valence-electron chi connectivity index (χ2n) is 4.71. The van der Waals surface area contributed by atoms with E-state index in [4.69, 9.17) is 21.1 Å². The van der Waals surface area contributed by atoms with Crippen LogP contribution in [0.25, 0.3) is 6.08 Å². The van der Waals surface area contributed by atoms with Gasteiger partial charge in [-0.1, -0.05) is 17.7 Å². The van der Waals surface area contributed by atoms with Crippen molar-refractivity contribution in [1.82, 2.24) is 0 Å². The minimum Gasteiger partial charge on any atom is -0.492 e. The molecule has 0 spiro atoms. The van der Waals surface area contributed by atoms with E-state index >= 15 is 0 Å². The molecule has 0 heterocycles. The molecule has 1 aromatic carbocycles. The van der Waals surface area contributed by atoms with E-state index in [0.717, 1.165) is 11.8 Å². The maximum absolute atomic E-state index is 11.2. The van der Waals surface area contributed by atoms with Crippen molar-refractivity contribution >= 4 is 46.8 Å². The van der Waals surface area contributed by atoms with E-state index in [1.807, 2.05) is 0 Å². The van der Waals surface area contributed by atoms with Gasteiger partial charge in [0.15, 0.2) is 11.4 Å². The quantitative estimate of drug-likeness (QED) is 0.284. The van der Waals surface area contributed by atoms with Crippen LogP contribution in [0.1, 0.15) is 32.3 Å². The van der Waals surface area contributed by atoms with Crippen molar-refractivity contribution in [2.24, 2.45) is 0 Å². The van der Waals surface area contributed by atoms with E-state index in [2.05, 4.69) is 0 Å². The van der Waals surface area contributed by atoms with E-state index in [9.17, 15) is 14.4 Å². The zero-order chi connectivity index (χ0) is 17.9. The summed E-state index contributed by atoms with van der Waals surface area (Å²) in [5, 5.41) is 0.221. The molecule has 0 radical (unpaired) electrons. The lowest BCUT2D eigenvalue weighted by atomic mass is 10.2. The van der Waals surface area contributed by atoms with E-state index < -0.39 is 0 Å². The first kappa shape index (κ1) is 20.3. The fraction of sp³-hybridized carbons (Fsp3) is 0.353. The van der Waals surface area contributed by atoms with Crippen LogP contribution >= 0.6 is 23.4 Å². The normalized spacial score (nSPS) is 11.0. The number of esters is 1. The Balaban J connectivity index is 2.61. The number of ether oxygens (including phenoxy) is 2. The monoisotopic (exact) mass is 370 g/mol. The third-order valence-corrected chi connectivity index (χ3v) is 3.76. The first-order valence-electron chi connectivity index (χ1n) is 7.39. The number of halogens is 1. The molecular weight excluding hydrogens is 352 g/mol. The SMILES string of the molecule is CCOC(=O)CCCOc1ccc(/C=C(/C=O)SC(C)=O)cc1Cl. The summed E-state index contributed by atoms with van der Waals surface area (Å²) in [4.78, 5) is 33.5. The largest absolute Gasteiger partial charge is 0.492 e. The smallest absolute Gasteiger partial charge is 0.305 e. The van der Waals surface area contributed by atoms with Crippen molar-refractivity contribution in [3.63, 3.8) is 0 Å². The van der Waals surface area contributed by atoms with Crippen LogP contribution in [-0.2, 0) is 19.1 Å². The van der Waals surface area contributed by atoms with E-state index in [1.165, 1.54) is 6.92 Å². The van der Waals surface area contributed by atoms with Gasteiger partial charge < -0.3 is 9.47 Å². The van der Waals surface area contributed by atoms with Crippen molar-refractivity contribution in [2.45, 2.75) is 26.7 Å². The minimum absolute atomic E-state index is 0.166. The highest BCUT2D eigenvalue weighted by atomic mass is 35.5. The molecule has 0 bridgehead atoms. The average Bonchev–Trinajstić information content (AvgIpc) is 2.52. The highest BCUT2D eigenvalue weighted by molar-refractivity contribution is 8.17. The fourth-order valence-corrected chi connectivity index (χ4v) is 2.59. The lowest BCUT2D eigenvalue weighted by molar-refractivity contribution is -0.143. The summed E-state index contributed by atoms with van der Waals surface area (Å²) >= 11 is 7.01. The Morgan fingerprint density at radius 3 is 2.67 bits per heavy atom. The molecule has 0 amide bonds. The molecule has 0 aliphatic carbocycles. The van der Waals surface area contributed by atoms with Crippen molar-refractivity contribution < 1.29 is 23.9 Å². The highest BCUT2D eigenvalue weighted by Crippen LogP contribution is 2.27. The molecule has 0 fully saturated rings. The Hall–Kier alpha value is -1.79. The summed E-state index contributed by atoms with van der Waals surface area (Å²) in [6, 6.07) is 5.06. The van der Waals surface area contributed by atoms with Crippen LogP contribution in [0, 0.1) is 0 Å². The molecule has 130 valence electrons. The van der Waals surface area contributed by atoms with Crippen LogP contribution in [0.5, 0.6) is 5.75 Å². The zero-order valence-corrected chi connectivity index (χ0v) is 15.1. The first-order chi connectivity index (χ1) is 11.5. The molecule has 0 saturated heterocycles. The lowest BCUT2D eigenvalue weighted by Gasteiger charge is -2.08. The number of hydrogen-bond acceptors (Lipinski definition) is 6. The van der Waals surface area contributed by atoms with Crippen LogP contribution in [0.15, 0.2) is 23.1 Å². The van der Waals surface area contributed by atoms with E-state index in [-0.39, 0.29) is 17.5 Å². The van der Waals surface area contributed by atoms with Crippen molar-refractivity contribution in [1.29, 1.82) is 0 Å². The van der Waals surface area contributed by atoms with Gasteiger partial charge in [0.05, 0.1) is 23.1 Å². The Morgan fingerprint density at radius 2 is 2.08 bits per heavy atom. The Morgan fingerprint density at radius 1 is 1.33 bits per heavy atom. The molecule has 5 nitrogen and oxygen atoms in total. The predicted octanol–water partition coefficient (Wildman–Crippen LogP) is 3.88. The molecule has 24 heavy (non-hydrogen) atoms. The molecule has 0 unspecified atom stereocenters. The summed E-state index contributed by atoms with van der Waals surface area (Å²) in [6.45, 7) is 3.86. The lowest BCUT2D eigenvalue weighted by Crippen LogP contribution is -2.06. The van der Waals surface area contributed by atoms with Crippen LogP contribution in [0.4, 0.5) is 0 Å². The zero-order valence-electron chi connectivity index (χ0n) is 13.5. The molecule has 1 rings (SSSR count). The van der Waals surface area contributed by atoms with Crippen molar-refractivity contribution in [3.05, 3.63) is 33.7 Å². The van der Waals surface area contributed by atoms with Gasteiger partial charge in [-0.25, -0.2) is 0 Å². The fourth-order valence-electron chi connectivity index (χ4n) is 1.77. The average molecular weight is 371 g/mol. The van der Waals surface area contributed by atoms with Gasteiger partial charge in [0.1, 0.15) is 5.75 Å². The number of rotatable bonds is 9. The molecule has 0 atom stereocenters. The van der Waals surface area contributed by atoms with Gasteiger partial charge >= 0.3 is 5.97 Å². The summed E-state index contributed by atoms with van der Waals surface area (Å²) in [7, 11) is 0.